The van der Waals surface area contributed by atoms with Crippen LogP contribution >= 0.6 is 0 Å². The van der Waals surface area contributed by atoms with E-state index in [-0.39, 0.29) is 28.7 Å². The Morgan fingerprint density at radius 3 is 1.74 bits per heavy atom. The number of allylic oxidation sites excluding steroid dienone is 4. The Bertz CT molecular complexity index is 1520. The molecule has 0 radical (unpaired) electrons. The summed E-state index contributed by atoms with van der Waals surface area (Å²) in [4.78, 5) is 7.56. The van der Waals surface area contributed by atoms with Gasteiger partial charge in [0.25, 0.3) is 0 Å². The highest BCUT2D eigenvalue weighted by atomic mass is 19.4. The maximum absolute atomic E-state index is 13.3. The number of aliphatic imine (C=N–C) groups is 2. The molecule has 0 bridgehead atoms. The van der Waals surface area contributed by atoms with E-state index in [0.29, 0.717) is 36.1 Å². The van der Waals surface area contributed by atoms with Gasteiger partial charge in [-0.2, -0.15) is 46.9 Å². The first-order valence-corrected chi connectivity index (χ1v) is 10.8. The second kappa shape index (κ2) is 10.3. The summed E-state index contributed by atoms with van der Waals surface area (Å²) in [6.07, 6.45) is -2.05. The van der Waals surface area contributed by atoms with Gasteiger partial charge in [-0.15, -0.1) is 0 Å². The average molecular weight is 528 g/mol. The number of ether oxygens (including phenoxy) is 2. The lowest BCUT2D eigenvalue weighted by Crippen LogP contribution is -2.30. The summed E-state index contributed by atoms with van der Waals surface area (Å²) in [5.74, 6) is -1.43. The van der Waals surface area contributed by atoms with Crippen molar-refractivity contribution in [1.29, 1.82) is 10.5 Å². The number of alkyl halides is 6. The van der Waals surface area contributed by atoms with Crippen molar-refractivity contribution in [2.24, 2.45) is 9.98 Å². The molecule has 0 N–H and O–H groups in total. The number of rotatable bonds is 4. The van der Waals surface area contributed by atoms with Crippen LogP contribution in [-0.4, -0.2) is 11.4 Å². The standard InChI is InChI=1S/C26H14F6N4O2/c27-25(28,29)15-5-3-7-17(11-15)37-23-21(35-13-33)19-9-1-2-10-20(19)22(36-14-34)24(23)38-18-8-4-6-16(12-18)26(30,31)32/h1,3-9,11-12H,2,10H2. The number of benzene rings is 2. The Labute approximate surface area is 211 Å². The molecular weight excluding hydrogens is 514 g/mol. The molecule has 4 rings (SSSR count). The quantitative estimate of drug-likeness (QED) is 0.245. The van der Waals surface area contributed by atoms with Crippen molar-refractivity contribution in [2.45, 2.75) is 25.2 Å². The number of nitriles is 2. The van der Waals surface area contributed by atoms with Crippen LogP contribution < -0.4 is 9.47 Å². The van der Waals surface area contributed by atoms with E-state index in [4.69, 9.17) is 9.47 Å². The first-order chi connectivity index (χ1) is 18.0. The van der Waals surface area contributed by atoms with Crippen molar-refractivity contribution in [3.05, 3.63) is 94.5 Å². The van der Waals surface area contributed by atoms with Crippen LogP contribution in [0.1, 0.15) is 24.0 Å². The minimum absolute atomic E-state index is 0.108. The fraction of sp³-hybridized carbons (Fsp3) is 0.154. The molecule has 2 aromatic rings. The van der Waals surface area contributed by atoms with Crippen LogP contribution in [0.4, 0.5) is 26.3 Å². The van der Waals surface area contributed by atoms with E-state index in [2.05, 4.69) is 9.98 Å². The molecule has 2 aromatic carbocycles. The number of hydrogen-bond acceptors (Lipinski definition) is 6. The fourth-order valence-corrected chi connectivity index (χ4v) is 3.83. The summed E-state index contributed by atoms with van der Waals surface area (Å²) in [5, 5.41) is 18.7. The van der Waals surface area contributed by atoms with Gasteiger partial charge < -0.3 is 9.47 Å². The smallest absolute Gasteiger partial charge is 0.416 e. The summed E-state index contributed by atoms with van der Waals surface area (Å²) < 4.78 is 91.3. The molecule has 0 fully saturated rings. The predicted molar refractivity (Wildman–Crippen MR) is 123 cm³/mol. The van der Waals surface area contributed by atoms with Crippen molar-refractivity contribution >= 4 is 11.4 Å². The third-order valence-corrected chi connectivity index (χ3v) is 5.43. The van der Waals surface area contributed by atoms with E-state index >= 15 is 0 Å². The second-order valence-electron chi connectivity index (χ2n) is 7.87. The van der Waals surface area contributed by atoms with Gasteiger partial charge in [0, 0.05) is 5.57 Å². The van der Waals surface area contributed by atoms with Crippen LogP contribution in [0.25, 0.3) is 0 Å². The molecule has 0 saturated heterocycles. The Hall–Kier alpha value is -4.84. The molecule has 0 atom stereocenters. The largest absolute Gasteiger partial charge is 0.451 e. The van der Waals surface area contributed by atoms with E-state index < -0.39 is 29.2 Å². The molecule has 0 aliphatic heterocycles. The molecular formula is C26H14F6N4O2. The van der Waals surface area contributed by atoms with E-state index in [1.807, 2.05) is 0 Å². The molecule has 38 heavy (non-hydrogen) atoms. The maximum Gasteiger partial charge on any atom is 0.416 e. The van der Waals surface area contributed by atoms with Crippen molar-refractivity contribution in [1.82, 2.24) is 0 Å². The summed E-state index contributed by atoms with van der Waals surface area (Å²) in [5.41, 5.74) is -1.60. The number of nitrogens with zero attached hydrogens (tertiary/aromatic N) is 4. The molecule has 2 aliphatic rings. The number of halogens is 6. The first-order valence-electron chi connectivity index (χ1n) is 10.8. The topological polar surface area (TPSA) is 90.8 Å². The van der Waals surface area contributed by atoms with E-state index in [1.54, 1.807) is 24.5 Å². The van der Waals surface area contributed by atoms with Crippen LogP contribution in [0.5, 0.6) is 11.5 Å². The Kier molecular flexibility index (Phi) is 7.08. The zero-order chi connectivity index (χ0) is 27.5. The molecule has 0 spiro atoms. The van der Waals surface area contributed by atoms with Gasteiger partial charge in [-0.3, -0.25) is 0 Å². The first kappa shape index (κ1) is 26.2. The lowest BCUT2D eigenvalue weighted by atomic mass is 9.85. The van der Waals surface area contributed by atoms with E-state index in [9.17, 15) is 36.9 Å². The fourth-order valence-electron chi connectivity index (χ4n) is 3.83. The van der Waals surface area contributed by atoms with Crippen LogP contribution in [0, 0.1) is 22.9 Å². The van der Waals surface area contributed by atoms with Gasteiger partial charge in [0.05, 0.1) is 11.1 Å². The summed E-state index contributed by atoms with van der Waals surface area (Å²) >= 11 is 0. The zero-order valence-electron chi connectivity index (χ0n) is 19.1. The molecule has 12 heteroatoms. The van der Waals surface area contributed by atoms with Crippen LogP contribution in [0.3, 0.4) is 0 Å². The lowest BCUT2D eigenvalue weighted by molar-refractivity contribution is -0.138. The lowest BCUT2D eigenvalue weighted by Gasteiger charge is -2.28. The summed E-state index contributed by atoms with van der Waals surface area (Å²) in [7, 11) is 0. The second-order valence-corrected chi connectivity index (χ2v) is 7.87. The number of hydrogen-bond donors (Lipinski definition) is 0. The maximum atomic E-state index is 13.3. The normalized spacial score (nSPS) is 17.8. The Morgan fingerprint density at radius 2 is 1.24 bits per heavy atom. The van der Waals surface area contributed by atoms with Crippen LogP contribution in [0.2, 0.25) is 0 Å². The molecule has 0 saturated carbocycles. The van der Waals surface area contributed by atoms with Crippen molar-refractivity contribution < 1.29 is 35.8 Å². The van der Waals surface area contributed by atoms with Gasteiger partial charge in [-0.1, -0.05) is 24.3 Å². The molecule has 0 amide bonds. The monoisotopic (exact) mass is 528 g/mol. The van der Waals surface area contributed by atoms with Crippen molar-refractivity contribution in [2.75, 3.05) is 0 Å². The minimum atomic E-state index is -4.70. The van der Waals surface area contributed by atoms with Crippen LogP contribution in [0.15, 0.2) is 93.3 Å². The SMILES string of the molecule is N#CN=C1C2=C(CCC=C2)C(=NC#N)C(Oc2cccc(C(F)(F)F)c2)=C1Oc1cccc(C(F)(F)F)c1. The average Bonchev–Trinajstić information content (AvgIpc) is 2.87. The van der Waals surface area contributed by atoms with Gasteiger partial charge in [-0.05, 0) is 54.8 Å². The third kappa shape index (κ3) is 5.44. The van der Waals surface area contributed by atoms with Gasteiger partial charge >= 0.3 is 12.4 Å². The molecule has 0 unspecified atom stereocenters. The molecule has 6 nitrogen and oxygen atoms in total. The third-order valence-electron chi connectivity index (χ3n) is 5.43. The van der Waals surface area contributed by atoms with Crippen molar-refractivity contribution in [3.8, 4) is 23.9 Å². The van der Waals surface area contributed by atoms with E-state index in [0.717, 1.165) is 24.3 Å². The highest BCUT2D eigenvalue weighted by Gasteiger charge is 2.37. The highest BCUT2D eigenvalue weighted by Crippen LogP contribution is 2.38. The Balaban J connectivity index is 1.94. The van der Waals surface area contributed by atoms with Gasteiger partial charge in [0.2, 0.25) is 12.4 Å². The summed E-state index contributed by atoms with van der Waals surface area (Å²) in [6.45, 7) is 0. The van der Waals surface area contributed by atoms with Gasteiger partial charge in [-0.25, -0.2) is 0 Å². The minimum Gasteiger partial charge on any atom is -0.451 e. The zero-order valence-corrected chi connectivity index (χ0v) is 19.1. The molecule has 0 aromatic heterocycles. The van der Waals surface area contributed by atoms with Crippen LogP contribution in [-0.2, 0) is 12.4 Å². The van der Waals surface area contributed by atoms with E-state index in [1.165, 1.54) is 12.1 Å². The highest BCUT2D eigenvalue weighted by molar-refractivity contribution is 6.29. The Morgan fingerprint density at radius 1 is 0.737 bits per heavy atom. The molecule has 0 heterocycles. The predicted octanol–water partition coefficient (Wildman–Crippen LogP) is 6.90. The van der Waals surface area contributed by atoms with Gasteiger partial charge in [0.1, 0.15) is 22.9 Å². The molecule has 192 valence electrons. The van der Waals surface area contributed by atoms with Crippen molar-refractivity contribution in [3.63, 3.8) is 0 Å². The summed E-state index contributed by atoms with van der Waals surface area (Å²) in [6, 6.07) is 7.63. The van der Waals surface area contributed by atoms with Gasteiger partial charge in [0.15, 0.2) is 11.5 Å². The molecule has 2 aliphatic carbocycles.